The first-order valence-corrected chi connectivity index (χ1v) is 13.5. The van der Waals surface area contributed by atoms with Gasteiger partial charge in [0.05, 0.1) is 12.0 Å². The van der Waals surface area contributed by atoms with Crippen molar-refractivity contribution in [3.8, 4) is 5.75 Å². The number of aliphatic carboxylic acids is 1. The van der Waals surface area contributed by atoms with Crippen molar-refractivity contribution < 1.29 is 33.8 Å². The monoisotopic (exact) mass is 542 g/mol. The summed E-state index contributed by atoms with van der Waals surface area (Å²) in [5.74, 6) is -1.93. The van der Waals surface area contributed by atoms with Gasteiger partial charge < -0.3 is 25.2 Å². The van der Waals surface area contributed by atoms with Gasteiger partial charge >= 0.3 is 11.9 Å². The second-order valence-corrected chi connectivity index (χ2v) is 8.91. The molecule has 0 radical (unpaired) electrons. The Morgan fingerprint density at radius 3 is 2.23 bits per heavy atom. The molecular weight excluding hydrogens is 500 g/mol. The number of carboxylic acids is 1. The molecule has 0 fully saturated rings. The van der Waals surface area contributed by atoms with Gasteiger partial charge in [-0.3, -0.25) is 19.2 Å². The van der Waals surface area contributed by atoms with Crippen LogP contribution in [0.2, 0.25) is 0 Å². The molecule has 0 aliphatic rings. The van der Waals surface area contributed by atoms with Gasteiger partial charge in [0.25, 0.3) is 0 Å². The average molecular weight is 543 g/mol. The fraction of sp³-hybridized carbons (Fsp3) is 0.467. The molecule has 2 aromatic rings. The molecule has 0 bridgehead atoms. The normalized spacial score (nSPS) is 10.9. The SMILES string of the molecule is CCC.CCCNCC(COc1ccccc1C(=O)CCc1ccccc1)OC(=O)CCC(=O)NCC(=O)O. The number of carbonyl (C=O) groups excluding carboxylic acids is 3. The number of para-hydroxylation sites is 1. The van der Waals surface area contributed by atoms with Crippen molar-refractivity contribution in [2.75, 3.05) is 26.2 Å². The maximum atomic E-state index is 12.9. The summed E-state index contributed by atoms with van der Waals surface area (Å²) in [7, 11) is 0. The number of benzene rings is 2. The molecular formula is C30H42N2O7. The molecule has 1 amide bonds. The van der Waals surface area contributed by atoms with Crippen LogP contribution in [0.4, 0.5) is 0 Å². The van der Waals surface area contributed by atoms with Crippen LogP contribution in [0.5, 0.6) is 5.75 Å². The Hall–Kier alpha value is -3.72. The molecule has 1 unspecified atom stereocenters. The highest BCUT2D eigenvalue weighted by Gasteiger charge is 2.19. The highest BCUT2D eigenvalue weighted by Crippen LogP contribution is 2.21. The van der Waals surface area contributed by atoms with Crippen LogP contribution >= 0.6 is 0 Å². The standard InChI is InChI=1S/C27H34N2O7.C3H8/c1-2-16-28-17-21(36-27(34)15-14-25(31)29-18-26(32)33)19-35-24-11-7-6-10-22(24)23(30)13-12-20-8-4-3-5-9-20;1-3-2/h3-11,21,28H,2,12-19H2,1H3,(H,29,31)(H,32,33);3H2,1-2H3. The van der Waals surface area contributed by atoms with E-state index >= 15 is 0 Å². The van der Waals surface area contributed by atoms with E-state index in [0.29, 0.717) is 30.7 Å². The molecule has 0 heterocycles. The van der Waals surface area contributed by atoms with Crippen LogP contribution in [0, 0.1) is 0 Å². The van der Waals surface area contributed by atoms with Crippen molar-refractivity contribution in [1.82, 2.24) is 10.6 Å². The van der Waals surface area contributed by atoms with Gasteiger partial charge in [-0.2, -0.15) is 0 Å². The molecule has 2 rings (SSSR count). The minimum absolute atomic E-state index is 0.0244. The number of amides is 1. The van der Waals surface area contributed by atoms with Crippen molar-refractivity contribution in [2.45, 2.75) is 65.4 Å². The summed E-state index contributed by atoms with van der Waals surface area (Å²) in [5.41, 5.74) is 1.55. The second-order valence-electron chi connectivity index (χ2n) is 8.91. The maximum absolute atomic E-state index is 12.9. The lowest BCUT2D eigenvalue weighted by Crippen LogP contribution is -2.36. The number of ketones is 1. The molecule has 3 N–H and O–H groups in total. The minimum Gasteiger partial charge on any atom is -0.489 e. The fourth-order valence-electron chi connectivity index (χ4n) is 3.34. The summed E-state index contributed by atoms with van der Waals surface area (Å²) in [6.07, 6.45) is 2.09. The first kappa shape index (κ1) is 33.3. The van der Waals surface area contributed by atoms with Crippen molar-refractivity contribution in [2.24, 2.45) is 0 Å². The number of aryl methyl sites for hydroxylation is 1. The van der Waals surface area contributed by atoms with Crippen molar-refractivity contribution in [1.29, 1.82) is 0 Å². The summed E-state index contributed by atoms with van der Waals surface area (Å²) in [6.45, 7) is 6.85. The highest BCUT2D eigenvalue weighted by atomic mass is 16.6. The predicted octanol–water partition coefficient (Wildman–Crippen LogP) is 4.19. The number of rotatable bonds is 17. The topological polar surface area (TPSA) is 131 Å². The second kappa shape index (κ2) is 20.3. The lowest BCUT2D eigenvalue weighted by atomic mass is 10.0. The van der Waals surface area contributed by atoms with Gasteiger partial charge in [0.15, 0.2) is 5.78 Å². The first-order valence-electron chi connectivity index (χ1n) is 13.5. The molecule has 9 nitrogen and oxygen atoms in total. The van der Waals surface area contributed by atoms with Gasteiger partial charge in [0, 0.05) is 19.4 Å². The smallest absolute Gasteiger partial charge is 0.322 e. The Bertz CT molecular complexity index is 1010. The number of carbonyl (C=O) groups is 4. The van der Waals surface area contributed by atoms with Gasteiger partial charge in [-0.15, -0.1) is 0 Å². The molecule has 0 spiro atoms. The van der Waals surface area contributed by atoms with Gasteiger partial charge in [-0.1, -0.05) is 69.7 Å². The van der Waals surface area contributed by atoms with E-state index in [1.54, 1.807) is 24.3 Å². The molecule has 1 atom stereocenters. The first-order chi connectivity index (χ1) is 18.8. The molecule has 0 saturated carbocycles. The molecule has 0 aliphatic carbocycles. The Morgan fingerprint density at radius 2 is 1.56 bits per heavy atom. The average Bonchev–Trinajstić information content (AvgIpc) is 2.93. The summed E-state index contributed by atoms with van der Waals surface area (Å²) in [4.78, 5) is 47.3. The van der Waals surface area contributed by atoms with Gasteiger partial charge in [0.2, 0.25) is 5.91 Å². The van der Waals surface area contributed by atoms with Crippen LogP contribution < -0.4 is 15.4 Å². The number of carboxylic acid groups (broad SMARTS) is 1. The fourth-order valence-corrected chi connectivity index (χ4v) is 3.34. The molecule has 39 heavy (non-hydrogen) atoms. The predicted molar refractivity (Wildman–Crippen MR) is 150 cm³/mol. The molecule has 9 heteroatoms. The quantitative estimate of drug-likeness (QED) is 0.154. The summed E-state index contributed by atoms with van der Waals surface area (Å²) in [6, 6.07) is 16.7. The van der Waals surface area contributed by atoms with Crippen LogP contribution in [0.25, 0.3) is 0 Å². The van der Waals surface area contributed by atoms with Crippen LogP contribution in [-0.2, 0) is 25.5 Å². The molecule has 0 aliphatic heterocycles. The van der Waals surface area contributed by atoms with E-state index in [4.69, 9.17) is 14.6 Å². The summed E-state index contributed by atoms with van der Waals surface area (Å²) in [5, 5.41) is 14.0. The van der Waals surface area contributed by atoms with E-state index in [-0.39, 0.29) is 25.2 Å². The van der Waals surface area contributed by atoms with E-state index in [1.165, 1.54) is 6.42 Å². The molecule has 0 saturated heterocycles. The van der Waals surface area contributed by atoms with Crippen molar-refractivity contribution in [3.05, 3.63) is 65.7 Å². The summed E-state index contributed by atoms with van der Waals surface area (Å²) >= 11 is 0. The lowest BCUT2D eigenvalue weighted by Gasteiger charge is -2.20. The van der Waals surface area contributed by atoms with E-state index in [1.807, 2.05) is 37.3 Å². The third-order valence-electron chi connectivity index (χ3n) is 5.19. The van der Waals surface area contributed by atoms with E-state index in [9.17, 15) is 19.2 Å². The molecule has 2 aromatic carbocycles. The lowest BCUT2D eigenvalue weighted by molar-refractivity contribution is -0.151. The number of Topliss-reactive ketones (excluding diaryl/α,β-unsaturated/α-hetero) is 1. The van der Waals surface area contributed by atoms with Crippen LogP contribution in [0.1, 0.15) is 68.8 Å². The minimum atomic E-state index is -1.16. The van der Waals surface area contributed by atoms with Crippen LogP contribution in [0.15, 0.2) is 54.6 Å². The molecule has 214 valence electrons. The van der Waals surface area contributed by atoms with Crippen LogP contribution in [-0.4, -0.2) is 61.1 Å². The number of ether oxygens (including phenoxy) is 2. The zero-order chi connectivity index (χ0) is 28.9. The van der Waals surface area contributed by atoms with E-state index in [2.05, 4.69) is 24.5 Å². The molecule has 0 aromatic heterocycles. The highest BCUT2D eigenvalue weighted by molar-refractivity contribution is 5.98. The van der Waals surface area contributed by atoms with E-state index < -0.39 is 30.5 Å². The Balaban J connectivity index is 0.00000242. The largest absolute Gasteiger partial charge is 0.489 e. The maximum Gasteiger partial charge on any atom is 0.322 e. The van der Waals surface area contributed by atoms with Gasteiger partial charge in [0.1, 0.15) is 25.0 Å². The zero-order valence-electron chi connectivity index (χ0n) is 23.2. The van der Waals surface area contributed by atoms with Crippen molar-refractivity contribution >= 4 is 23.6 Å². The Kier molecular flexibility index (Phi) is 17.3. The number of hydrogen-bond donors (Lipinski definition) is 3. The third-order valence-corrected chi connectivity index (χ3v) is 5.19. The van der Waals surface area contributed by atoms with Crippen LogP contribution in [0.3, 0.4) is 0 Å². The third kappa shape index (κ3) is 15.3. The Morgan fingerprint density at radius 1 is 0.897 bits per heavy atom. The number of nitrogens with one attached hydrogen (secondary N) is 2. The van der Waals surface area contributed by atoms with E-state index in [0.717, 1.165) is 18.5 Å². The van der Waals surface area contributed by atoms with Crippen molar-refractivity contribution in [3.63, 3.8) is 0 Å². The van der Waals surface area contributed by atoms with Gasteiger partial charge in [-0.05, 0) is 37.1 Å². The number of esters is 1. The van der Waals surface area contributed by atoms with Gasteiger partial charge in [-0.25, -0.2) is 0 Å². The number of hydrogen-bond acceptors (Lipinski definition) is 7. The summed E-state index contributed by atoms with van der Waals surface area (Å²) < 4.78 is 11.4. The Labute approximate surface area is 231 Å². The zero-order valence-corrected chi connectivity index (χ0v) is 23.2.